The van der Waals surface area contributed by atoms with E-state index in [4.69, 9.17) is 5.73 Å². The molecular formula is C15H20F2N2O2S. The zero-order valence-corrected chi connectivity index (χ0v) is 13.6. The lowest BCUT2D eigenvalue weighted by Gasteiger charge is -2.29. The van der Waals surface area contributed by atoms with Crippen LogP contribution in [0.1, 0.15) is 27.2 Å². The third-order valence-electron chi connectivity index (χ3n) is 3.04. The fraction of sp³-hybridized carbons (Fsp3) is 0.467. The summed E-state index contributed by atoms with van der Waals surface area (Å²) in [5.41, 5.74) is 4.23. The Bertz CT molecular complexity index is 566. The van der Waals surface area contributed by atoms with E-state index in [1.807, 2.05) is 13.8 Å². The molecule has 0 aliphatic rings. The Hall–Kier alpha value is -1.63. The number of hydrogen-bond donors (Lipinski definition) is 2. The first-order valence-electron chi connectivity index (χ1n) is 6.83. The molecule has 0 aliphatic carbocycles. The largest absolute Gasteiger partial charge is 0.368 e. The fourth-order valence-electron chi connectivity index (χ4n) is 2.09. The molecule has 1 unspecified atom stereocenters. The van der Waals surface area contributed by atoms with Gasteiger partial charge in [0.05, 0.1) is 5.75 Å². The molecule has 0 spiro atoms. The van der Waals surface area contributed by atoms with Crippen molar-refractivity contribution in [3.8, 4) is 0 Å². The number of nitrogens with one attached hydrogen (secondary N) is 1. The molecule has 0 aliphatic heterocycles. The number of thioether (sulfide) groups is 1. The molecular weight excluding hydrogens is 310 g/mol. The lowest BCUT2D eigenvalue weighted by molar-refractivity contribution is -0.130. The first-order valence-corrected chi connectivity index (χ1v) is 7.81. The number of carbonyl (C=O) groups is 2. The zero-order valence-electron chi connectivity index (χ0n) is 12.8. The highest BCUT2D eigenvalue weighted by atomic mass is 32.2. The van der Waals surface area contributed by atoms with Crippen LogP contribution in [0.3, 0.4) is 0 Å². The third kappa shape index (κ3) is 5.29. The molecule has 2 amide bonds. The van der Waals surface area contributed by atoms with Crippen LogP contribution >= 0.6 is 11.8 Å². The summed E-state index contributed by atoms with van der Waals surface area (Å²) in [5, 5.41) is 2.62. The molecule has 0 saturated heterocycles. The predicted octanol–water partition coefficient (Wildman–Crippen LogP) is 2.46. The molecule has 7 heteroatoms. The fourth-order valence-corrected chi connectivity index (χ4v) is 2.81. The van der Waals surface area contributed by atoms with Crippen molar-refractivity contribution in [2.45, 2.75) is 37.6 Å². The second-order valence-corrected chi connectivity index (χ2v) is 6.76. The van der Waals surface area contributed by atoms with Gasteiger partial charge in [-0.05, 0) is 37.5 Å². The Balaban J connectivity index is 2.64. The van der Waals surface area contributed by atoms with E-state index in [1.54, 1.807) is 6.92 Å². The summed E-state index contributed by atoms with van der Waals surface area (Å²) < 4.78 is 25.9. The molecule has 1 aromatic carbocycles. The Labute approximate surface area is 132 Å². The summed E-state index contributed by atoms with van der Waals surface area (Å²) in [6.07, 6.45) is 0.421. The van der Waals surface area contributed by atoms with Crippen molar-refractivity contribution >= 4 is 23.6 Å². The summed E-state index contributed by atoms with van der Waals surface area (Å²) in [7, 11) is 0. The average Bonchev–Trinajstić information content (AvgIpc) is 2.39. The summed E-state index contributed by atoms with van der Waals surface area (Å²) in [5.74, 6) is -2.74. The average molecular weight is 330 g/mol. The van der Waals surface area contributed by atoms with Crippen LogP contribution in [0.4, 0.5) is 8.78 Å². The Kier molecular flexibility index (Phi) is 6.34. The molecule has 0 fully saturated rings. The SMILES string of the molecule is CC(C)CC(C)(NC(=O)CSc1ccc(F)c(F)c1)C(N)=O. The third-order valence-corrected chi connectivity index (χ3v) is 4.03. The first kappa shape index (κ1) is 18.4. The standard InChI is InChI=1S/C15H20F2N2O2S/c1-9(2)7-15(3,14(18)21)19-13(20)8-22-10-4-5-11(16)12(17)6-10/h4-6,9H,7-8H2,1-3H3,(H2,18,21)(H,19,20). The second kappa shape index (κ2) is 7.58. The number of nitrogens with two attached hydrogens (primary N) is 1. The highest BCUT2D eigenvalue weighted by Gasteiger charge is 2.33. The minimum Gasteiger partial charge on any atom is -0.368 e. The normalized spacial score (nSPS) is 13.7. The number of carbonyl (C=O) groups excluding carboxylic acids is 2. The molecule has 1 aromatic rings. The van der Waals surface area contributed by atoms with E-state index < -0.39 is 29.0 Å². The number of benzene rings is 1. The number of hydrogen-bond acceptors (Lipinski definition) is 3. The van der Waals surface area contributed by atoms with Crippen molar-refractivity contribution in [3.63, 3.8) is 0 Å². The summed E-state index contributed by atoms with van der Waals surface area (Å²) in [4.78, 5) is 23.9. The van der Waals surface area contributed by atoms with Gasteiger partial charge in [0.25, 0.3) is 0 Å². The first-order chi connectivity index (χ1) is 10.1. The van der Waals surface area contributed by atoms with Crippen LogP contribution in [-0.2, 0) is 9.59 Å². The van der Waals surface area contributed by atoms with Crippen molar-refractivity contribution in [2.24, 2.45) is 11.7 Å². The van der Waals surface area contributed by atoms with E-state index in [9.17, 15) is 18.4 Å². The zero-order chi connectivity index (χ0) is 16.9. The summed E-state index contributed by atoms with van der Waals surface area (Å²) in [6, 6.07) is 3.41. The maximum atomic E-state index is 13.1. The van der Waals surface area contributed by atoms with Gasteiger partial charge in [0.2, 0.25) is 11.8 Å². The van der Waals surface area contributed by atoms with Crippen LogP contribution in [0, 0.1) is 17.6 Å². The molecule has 3 N–H and O–H groups in total. The van der Waals surface area contributed by atoms with Gasteiger partial charge >= 0.3 is 0 Å². The van der Waals surface area contributed by atoms with Gasteiger partial charge in [-0.25, -0.2) is 8.78 Å². The minimum atomic E-state index is -1.13. The van der Waals surface area contributed by atoms with Gasteiger partial charge in [0.15, 0.2) is 11.6 Å². The smallest absolute Gasteiger partial charge is 0.242 e. The van der Waals surface area contributed by atoms with E-state index >= 15 is 0 Å². The van der Waals surface area contributed by atoms with Crippen molar-refractivity contribution in [2.75, 3.05) is 5.75 Å². The number of rotatable bonds is 7. The molecule has 0 bridgehead atoms. The number of primary amides is 1. The lowest BCUT2D eigenvalue weighted by Crippen LogP contribution is -2.56. The van der Waals surface area contributed by atoms with Crippen LogP contribution in [0.5, 0.6) is 0 Å². The molecule has 0 heterocycles. The van der Waals surface area contributed by atoms with Gasteiger partial charge in [-0.2, -0.15) is 0 Å². The van der Waals surface area contributed by atoms with Crippen LogP contribution in [-0.4, -0.2) is 23.1 Å². The Morgan fingerprint density at radius 3 is 2.45 bits per heavy atom. The van der Waals surface area contributed by atoms with E-state index in [2.05, 4.69) is 5.32 Å². The van der Waals surface area contributed by atoms with Crippen LogP contribution in [0.25, 0.3) is 0 Å². The molecule has 1 atom stereocenters. The maximum absolute atomic E-state index is 13.1. The van der Waals surface area contributed by atoms with Crippen molar-refractivity contribution in [3.05, 3.63) is 29.8 Å². The van der Waals surface area contributed by atoms with E-state index in [0.29, 0.717) is 11.3 Å². The van der Waals surface area contributed by atoms with Crippen molar-refractivity contribution in [1.29, 1.82) is 0 Å². The number of amides is 2. The highest BCUT2D eigenvalue weighted by Crippen LogP contribution is 2.21. The minimum absolute atomic E-state index is 0.0218. The molecule has 0 radical (unpaired) electrons. The number of halogens is 2. The second-order valence-electron chi connectivity index (χ2n) is 5.71. The Morgan fingerprint density at radius 1 is 1.32 bits per heavy atom. The topological polar surface area (TPSA) is 72.2 Å². The van der Waals surface area contributed by atoms with Gasteiger partial charge < -0.3 is 11.1 Å². The maximum Gasteiger partial charge on any atom is 0.242 e. The van der Waals surface area contributed by atoms with E-state index in [0.717, 1.165) is 23.9 Å². The predicted molar refractivity (Wildman–Crippen MR) is 82.3 cm³/mol. The van der Waals surface area contributed by atoms with Gasteiger partial charge in [0, 0.05) is 4.90 Å². The molecule has 22 heavy (non-hydrogen) atoms. The van der Waals surface area contributed by atoms with Gasteiger partial charge in [-0.1, -0.05) is 13.8 Å². The molecule has 0 aromatic heterocycles. The van der Waals surface area contributed by atoms with Gasteiger partial charge in [-0.3, -0.25) is 9.59 Å². The van der Waals surface area contributed by atoms with E-state index in [1.165, 1.54) is 6.07 Å². The van der Waals surface area contributed by atoms with E-state index in [-0.39, 0.29) is 11.7 Å². The monoisotopic (exact) mass is 330 g/mol. The molecule has 122 valence electrons. The molecule has 0 saturated carbocycles. The van der Waals surface area contributed by atoms with Gasteiger partial charge in [0.1, 0.15) is 5.54 Å². The Morgan fingerprint density at radius 2 is 1.95 bits per heavy atom. The highest BCUT2D eigenvalue weighted by molar-refractivity contribution is 8.00. The van der Waals surface area contributed by atoms with Crippen LogP contribution < -0.4 is 11.1 Å². The van der Waals surface area contributed by atoms with Gasteiger partial charge in [-0.15, -0.1) is 11.8 Å². The molecule has 4 nitrogen and oxygen atoms in total. The quantitative estimate of drug-likeness (QED) is 0.754. The van der Waals surface area contributed by atoms with Crippen molar-refractivity contribution in [1.82, 2.24) is 5.32 Å². The van der Waals surface area contributed by atoms with Crippen LogP contribution in [0.15, 0.2) is 23.1 Å². The van der Waals surface area contributed by atoms with Crippen LogP contribution in [0.2, 0.25) is 0 Å². The van der Waals surface area contributed by atoms with Crippen molar-refractivity contribution < 1.29 is 18.4 Å². The molecule has 1 rings (SSSR count). The summed E-state index contributed by atoms with van der Waals surface area (Å²) in [6.45, 7) is 5.42. The lowest BCUT2D eigenvalue weighted by atomic mass is 9.90. The summed E-state index contributed by atoms with van der Waals surface area (Å²) >= 11 is 1.05.